The zero-order chi connectivity index (χ0) is 24.3. The van der Waals surface area contributed by atoms with Crippen molar-refractivity contribution in [3.05, 3.63) is 71.8 Å². The summed E-state index contributed by atoms with van der Waals surface area (Å²) in [5.74, 6) is 5.66. The van der Waals surface area contributed by atoms with Gasteiger partial charge >= 0.3 is 5.97 Å². The maximum atomic E-state index is 10.7. The van der Waals surface area contributed by atoms with E-state index in [1.54, 1.807) is 0 Å². The zero-order valence-corrected chi connectivity index (χ0v) is 20.3. The molecular weight excluding hydrogens is 424 g/mol. The van der Waals surface area contributed by atoms with Crippen molar-refractivity contribution >= 4 is 5.97 Å². The summed E-state index contributed by atoms with van der Waals surface area (Å²) < 4.78 is 5.21. The highest BCUT2D eigenvalue weighted by atomic mass is 16.5. The van der Waals surface area contributed by atoms with E-state index in [0.29, 0.717) is 6.61 Å². The van der Waals surface area contributed by atoms with E-state index in [2.05, 4.69) is 24.8 Å². The molecule has 0 saturated heterocycles. The summed E-state index contributed by atoms with van der Waals surface area (Å²) in [5, 5.41) is 19.4. The van der Waals surface area contributed by atoms with Crippen molar-refractivity contribution in [3.8, 4) is 11.8 Å². The summed E-state index contributed by atoms with van der Waals surface area (Å²) in [4.78, 5) is 10.6. The molecule has 34 heavy (non-hydrogen) atoms. The minimum Gasteiger partial charge on any atom is -0.480 e. The van der Waals surface area contributed by atoms with Crippen molar-refractivity contribution < 1.29 is 19.7 Å². The van der Waals surface area contributed by atoms with Crippen LogP contribution in [0.3, 0.4) is 0 Å². The molecule has 0 amide bonds. The largest absolute Gasteiger partial charge is 0.480 e. The molecule has 1 aromatic rings. The topological polar surface area (TPSA) is 66.8 Å². The fourth-order valence-corrected chi connectivity index (χ4v) is 5.04. The van der Waals surface area contributed by atoms with Crippen LogP contribution >= 0.6 is 0 Å². The molecule has 2 fully saturated rings. The Morgan fingerprint density at radius 3 is 2.65 bits per heavy atom. The molecule has 0 aliphatic heterocycles. The quantitative estimate of drug-likeness (QED) is 0.192. The molecule has 3 rings (SSSR count). The number of aliphatic hydroxyl groups is 1. The number of rotatable bonds is 10. The van der Waals surface area contributed by atoms with Crippen LogP contribution in [0.1, 0.15) is 70.3 Å². The normalized spacial score (nSPS) is 24.0. The molecule has 1 aromatic carbocycles. The van der Waals surface area contributed by atoms with E-state index in [-0.39, 0.29) is 17.4 Å². The second-order valence-electron chi connectivity index (χ2n) is 9.98. The molecular formula is C30H38O4. The van der Waals surface area contributed by atoms with Gasteiger partial charge in [0.1, 0.15) is 6.61 Å². The van der Waals surface area contributed by atoms with Crippen molar-refractivity contribution in [1.29, 1.82) is 0 Å². The van der Waals surface area contributed by atoms with Gasteiger partial charge in [-0.15, -0.1) is 0 Å². The van der Waals surface area contributed by atoms with Crippen LogP contribution < -0.4 is 0 Å². The van der Waals surface area contributed by atoms with Crippen LogP contribution in [-0.4, -0.2) is 35.5 Å². The second-order valence-corrected chi connectivity index (χ2v) is 9.98. The Labute approximate surface area is 204 Å². The molecule has 0 aromatic heterocycles. The number of allylic oxidation sites excluding steroid dienone is 4. The van der Waals surface area contributed by atoms with E-state index in [1.165, 1.54) is 18.4 Å². The predicted octanol–water partition coefficient (Wildman–Crippen LogP) is 6.07. The molecule has 0 heterocycles. The molecule has 2 N–H and O–H groups in total. The lowest BCUT2D eigenvalue weighted by molar-refractivity contribution is -0.141. The molecule has 2 aliphatic carbocycles. The third-order valence-electron chi connectivity index (χ3n) is 7.23. The molecule has 0 spiro atoms. The standard InChI is InChI=1S/C30H38O4/c1-29(17-7-5-14-26(29)16-22-34-24-28(32)33)18-8-6-15-27(31)23-30(20-10-21-30)19-9-13-25-11-3-2-4-12-25/h2-4,6,8,11-12,15-16,18,27,31H,5,7,10,14,17,19-24H2,1H3,(H,32,33)/b15-6+,18-8+,26-16+. The van der Waals surface area contributed by atoms with Crippen LogP contribution in [0.2, 0.25) is 0 Å². The number of carbonyl (C=O) groups is 1. The van der Waals surface area contributed by atoms with Crippen molar-refractivity contribution in [3.63, 3.8) is 0 Å². The number of carboxylic acids is 1. The van der Waals surface area contributed by atoms with Gasteiger partial charge in [-0.1, -0.05) is 85.8 Å². The average Bonchev–Trinajstić information content (AvgIpc) is 2.79. The molecule has 2 aliphatic rings. The third-order valence-corrected chi connectivity index (χ3v) is 7.23. The first-order chi connectivity index (χ1) is 16.4. The SMILES string of the molecule is CC1(/C=C/C=C/C(O)CC2(CC#Cc3ccccc3)CCC2)CCCC/C1=C\COCC(=O)O. The summed E-state index contributed by atoms with van der Waals surface area (Å²) in [6.45, 7) is 2.29. The average molecular weight is 463 g/mol. The first kappa shape index (κ1) is 26.0. The fourth-order valence-electron chi connectivity index (χ4n) is 5.04. The number of aliphatic hydroxyl groups excluding tert-OH is 1. The molecule has 182 valence electrons. The van der Waals surface area contributed by atoms with Crippen LogP contribution in [0.4, 0.5) is 0 Å². The van der Waals surface area contributed by atoms with Gasteiger partial charge in [-0.3, -0.25) is 0 Å². The lowest BCUT2D eigenvalue weighted by Crippen LogP contribution is -2.32. The highest BCUT2D eigenvalue weighted by Gasteiger charge is 2.37. The van der Waals surface area contributed by atoms with Gasteiger partial charge in [0, 0.05) is 17.4 Å². The zero-order valence-electron chi connectivity index (χ0n) is 20.3. The molecule has 2 atom stereocenters. The Morgan fingerprint density at radius 2 is 1.94 bits per heavy atom. The molecule has 0 bridgehead atoms. The Bertz CT molecular complexity index is 943. The van der Waals surface area contributed by atoms with Crippen LogP contribution in [0.25, 0.3) is 0 Å². The van der Waals surface area contributed by atoms with Crippen LogP contribution in [-0.2, 0) is 9.53 Å². The van der Waals surface area contributed by atoms with Gasteiger partial charge in [0.15, 0.2) is 0 Å². The van der Waals surface area contributed by atoms with E-state index in [4.69, 9.17) is 9.84 Å². The maximum Gasteiger partial charge on any atom is 0.329 e. The van der Waals surface area contributed by atoms with Crippen LogP contribution in [0, 0.1) is 22.7 Å². The fraction of sp³-hybridized carbons (Fsp3) is 0.500. The predicted molar refractivity (Wildman–Crippen MR) is 136 cm³/mol. The highest BCUT2D eigenvalue weighted by molar-refractivity contribution is 5.68. The van der Waals surface area contributed by atoms with E-state index in [9.17, 15) is 9.90 Å². The van der Waals surface area contributed by atoms with Gasteiger partial charge in [-0.05, 0) is 56.1 Å². The van der Waals surface area contributed by atoms with Crippen LogP contribution in [0.15, 0.2) is 66.3 Å². The Morgan fingerprint density at radius 1 is 1.15 bits per heavy atom. The Hall–Kier alpha value is -2.61. The van der Waals surface area contributed by atoms with Crippen molar-refractivity contribution in [2.24, 2.45) is 10.8 Å². The number of ether oxygens (including phenoxy) is 1. The summed E-state index contributed by atoms with van der Waals surface area (Å²) in [6.07, 6.45) is 19.2. The van der Waals surface area contributed by atoms with Crippen molar-refractivity contribution in [1.82, 2.24) is 0 Å². The molecule has 4 heteroatoms. The van der Waals surface area contributed by atoms with E-state index in [1.807, 2.05) is 54.6 Å². The van der Waals surface area contributed by atoms with Gasteiger partial charge in [-0.25, -0.2) is 4.79 Å². The second kappa shape index (κ2) is 12.7. The molecule has 2 saturated carbocycles. The number of benzene rings is 1. The number of hydrogen-bond acceptors (Lipinski definition) is 3. The maximum absolute atomic E-state index is 10.7. The number of carboxylic acid groups (broad SMARTS) is 1. The van der Waals surface area contributed by atoms with Gasteiger partial charge in [0.2, 0.25) is 0 Å². The van der Waals surface area contributed by atoms with E-state index < -0.39 is 12.1 Å². The monoisotopic (exact) mass is 462 g/mol. The third kappa shape index (κ3) is 8.01. The first-order valence-electron chi connectivity index (χ1n) is 12.5. The highest BCUT2D eigenvalue weighted by Crippen LogP contribution is 2.47. The van der Waals surface area contributed by atoms with Gasteiger partial charge in [0.25, 0.3) is 0 Å². The smallest absolute Gasteiger partial charge is 0.329 e. The van der Waals surface area contributed by atoms with E-state index >= 15 is 0 Å². The molecule has 0 radical (unpaired) electrons. The lowest BCUT2D eigenvalue weighted by Gasteiger charge is -2.41. The number of aliphatic carboxylic acids is 1. The van der Waals surface area contributed by atoms with Crippen LogP contribution in [0.5, 0.6) is 0 Å². The van der Waals surface area contributed by atoms with Gasteiger partial charge < -0.3 is 14.9 Å². The summed E-state index contributed by atoms with van der Waals surface area (Å²) in [5.41, 5.74) is 2.43. The summed E-state index contributed by atoms with van der Waals surface area (Å²) in [7, 11) is 0. The molecule has 4 nitrogen and oxygen atoms in total. The van der Waals surface area contributed by atoms with Crippen molar-refractivity contribution in [2.75, 3.05) is 13.2 Å². The van der Waals surface area contributed by atoms with E-state index in [0.717, 1.165) is 50.5 Å². The number of hydrogen-bond donors (Lipinski definition) is 2. The lowest BCUT2D eigenvalue weighted by atomic mass is 9.64. The first-order valence-corrected chi connectivity index (χ1v) is 12.5. The van der Waals surface area contributed by atoms with Gasteiger partial charge in [-0.2, -0.15) is 0 Å². The Balaban J connectivity index is 1.52. The summed E-state index contributed by atoms with van der Waals surface area (Å²) >= 11 is 0. The summed E-state index contributed by atoms with van der Waals surface area (Å²) in [6, 6.07) is 10.1. The minimum absolute atomic E-state index is 0.0532. The van der Waals surface area contributed by atoms with Gasteiger partial charge in [0.05, 0.1) is 12.7 Å². The van der Waals surface area contributed by atoms with Crippen molar-refractivity contribution in [2.45, 2.75) is 70.8 Å². The minimum atomic E-state index is -0.944. The molecule has 2 unspecified atom stereocenters. The Kier molecular flexibility index (Phi) is 9.74.